The van der Waals surface area contributed by atoms with Crippen molar-refractivity contribution in [2.24, 2.45) is 5.73 Å². The smallest absolute Gasteiger partial charge is 0.404 e. The van der Waals surface area contributed by atoms with E-state index in [0.717, 1.165) is 0 Å². The van der Waals surface area contributed by atoms with Gasteiger partial charge in [0.25, 0.3) is 0 Å². The maximum atomic E-state index is 11.8. The Labute approximate surface area is 74.0 Å². The highest BCUT2D eigenvalue weighted by Gasteiger charge is 2.38. The number of alkyl halides is 3. The van der Waals surface area contributed by atoms with Gasteiger partial charge in [-0.25, -0.2) is 0 Å². The van der Waals surface area contributed by atoms with Crippen LogP contribution in [0.3, 0.4) is 0 Å². The predicted octanol–water partition coefficient (Wildman–Crippen LogP) is 1.22. The molecule has 1 atom stereocenters. The molecule has 0 unspecified atom stereocenters. The summed E-state index contributed by atoms with van der Waals surface area (Å²) in [7, 11) is 0. The lowest BCUT2D eigenvalue weighted by atomic mass is 10.2. The van der Waals surface area contributed by atoms with Crippen molar-refractivity contribution >= 4 is 5.97 Å². The molecule has 0 spiro atoms. The van der Waals surface area contributed by atoms with E-state index in [9.17, 15) is 18.0 Å². The van der Waals surface area contributed by atoms with Gasteiger partial charge in [0.2, 0.25) is 0 Å². The molecular formula is C7H12F3NO2. The summed E-state index contributed by atoms with van der Waals surface area (Å²) in [6.07, 6.45) is -4.78. The van der Waals surface area contributed by atoms with Crippen molar-refractivity contribution in [3.05, 3.63) is 0 Å². The summed E-state index contributed by atoms with van der Waals surface area (Å²) >= 11 is 0. The SMILES string of the molecule is CCCOC(=O)C[C@@H](N)C(F)(F)F. The second-order valence-corrected chi connectivity index (χ2v) is 2.57. The van der Waals surface area contributed by atoms with Gasteiger partial charge in [-0.15, -0.1) is 0 Å². The molecule has 0 amide bonds. The van der Waals surface area contributed by atoms with E-state index in [0.29, 0.717) is 6.42 Å². The summed E-state index contributed by atoms with van der Waals surface area (Å²) in [5.41, 5.74) is 4.70. The Kier molecular flexibility index (Phi) is 4.76. The van der Waals surface area contributed by atoms with Crippen LogP contribution in [0, 0.1) is 0 Å². The van der Waals surface area contributed by atoms with Crippen LogP contribution in [0.1, 0.15) is 19.8 Å². The van der Waals surface area contributed by atoms with Crippen molar-refractivity contribution in [2.45, 2.75) is 32.0 Å². The minimum Gasteiger partial charge on any atom is -0.466 e. The van der Waals surface area contributed by atoms with E-state index in [1.807, 2.05) is 0 Å². The zero-order valence-electron chi connectivity index (χ0n) is 7.23. The normalized spacial score (nSPS) is 13.9. The van der Waals surface area contributed by atoms with Gasteiger partial charge in [-0.3, -0.25) is 4.79 Å². The fourth-order valence-corrected chi connectivity index (χ4v) is 0.570. The lowest BCUT2D eigenvalue weighted by Gasteiger charge is -2.14. The largest absolute Gasteiger partial charge is 0.466 e. The van der Waals surface area contributed by atoms with Crippen LogP contribution >= 0.6 is 0 Å². The van der Waals surface area contributed by atoms with Crippen molar-refractivity contribution in [1.29, 1.82) is 0 Å². The quantitative estimate of drug-likeness (QED) is 0.692. The van der Waals surface area contributed by atoms with Gasteiger partial charge in [-0.2, -0.15) is 13.2 Å². The molecule has 0 aliphatic heterocycles. The van der Waals surface area contributed by atoms with Crippen molar-refractivity contribution in [3.63, 3.8) is 0 Å². The Bertz CT molecular complexity index is 170. The van der Waals surface area contributed by atoms with Crippen LogP contribution < -0.4 is 5.73 Å². The average Bonchev–Trinajstić information content (AvgIpc) is 1.99. The van der Waals surface area contributed by atoms with Gasteiger partial charge in [-0.1, -0.05) is 6.92 Å². The van der Waals surface area contributed by atoms with Gasteiger partial charge >= 0.3 is 12.1 Å². The van der Waals surface area contributed by atoms with Gasteiger partial charge in [0.05, 0.1) is 13.0 Å². The fraction of sp³-hybridized carbons (Fsp3) is 0.857. The summed E-state index contributed by atoms with van der Waals surface area (Å²) < 4.78 is 39.8. The molecule has 6 heteroatoms. The summed E-state index contributed by atoms with van der Waals surface area (Å²) in [5, 5.41) is 0. The van der Waals surface area contributed by atoms with E-state index >= 15 is 0 Å². The highest BCUT2D eigenvalue weighted by molar-refractivity contribution is 5.70. The molecule has 0 fully saturated rings. The molecule has 0 saturated carbocycles. The molecule has 0 heterocycles. The van der Waals surface area contributed by atoms with Crippen molar-refractivity contribution in [2.75, 3.05) is 6.61 Å². The first-order chi connectivity index (χ1) is 5.88. The average molecular weight is 199 g/mol. The minimum absolute atomic E-state index is 0.128. The number of carbonyl (C=O) groups excluding carboxylic acids is 1. The number of rotatable bonds is 4. The standard InChI is InChI=1S/C7H12F3NO2/c1-2-3-13-6(12)4-5(11)7(8,9)10/h5H,2-4,11H2,1H3/t5-/m1/s1. The van der Waals surface area contributed by atoms with Crippen LogP contribution in [-0.2, 0) is 9.53 Å². The van der Waals surface area contributed by atoms with Crippen LogP contribution in [0.25, 0.3) is 0 Å². The number of ether oxygens (including phenoxy) is 1. The number of halogens is 3. The highest BCUT2D eigenvalue weighted by atomic mass is 19.4. The van der Waals surface area contributed by atoms with Crippen LogP contribution in [0.2, 0.25) is 0 Å². The van der Waals surface area contributed by atoms with Crippen molar-refractivity contribution in [1.82, 2.24) is 0 Å². The molecule has 0 aromatic carbocycles. The van der Waals surface area contributed by atoms with Gasteiger partial charge in [0.15, 0.2) is 0 Å². The van der Waals surface area contributed by atoms with Crippen LogP contribution in [0.5, 0.6) is 0 Å². The van der Waals surface area contributed by atoms with E-state index in [2.05, 4.69) is 4.74 Å². The molecule has 0 aromatic rings. The van der Waals surface area contributed by atoms with E-state index in [1.54, 1.807) is 6.92 Å². The summed E-state index contributed by atoms with van der Waals surface area (Å²) in [6, 6.07) is -2.13. The third-order valence-electron chi connectivity index (χ3n) is 1.27. The number of esters is 1. The fourth-order valence-electron chi connectivity index (χ4n) is 0.570. The Morgan fingerprint density at radius 2 is 2.08 bits per heavy atom. The molecule has 78 valence electrons. The van der Waals surface area contributed by atoms with Gasteiger partial charge in [-0.05, 0) is 6.42 Å². The molecule has 0 aliphatic carbocycles. The molecule has 2 N–H and O–H groups in total. The lowest BCUT2D eigenvalue weighted by molar-refractivity contribution is -0.164. The van der Waals surface area contributed by atoms with Gasteiger partial charge in [0.1, 0.15) is 6.04 Å². The Hall–Kier alpha value is -0.780. The van der Waals surface area contributed by atoms with E-state index in [4.69, 9.17) is 5.73 Å². The highest BCUT2D eigenvalue weighted by Crippen LogP contribution is 2.20. The van der Waals surface area contributed by atoms with Gasteiger partial charge < -0.3 is 10.5 Å². The van der Waals surface area contributed by atoms with E-state index < -0.39 is 24.6 Å². The molecule has 13 heavy (non-hydrogen) atoms. The first kappa shape index (κ1) is 12.2. The lowest BCUT2D eigenvalue weighted by Crippen LogP contribution is -2.39. The van der Waals surface area contributed by atoms with Crippen molar-refractivity contribution < 1.29 is 22.7 Å². The van der Waals surface area contributed by atoms with Crippen LogP contribution in [0.15, 0.2) is 0 Å². The third kappa shape index (κ3) is 5.46. The van der Waals surface area contributed by atoms with Crippen molar-refractivity contribution in [3.8, 4) is 0 Å². The number of hydrogen-bond acceptors (Lipinski definition) is 3. The molecule has 0 rings (SSSR count). The first-order valence-electron chi connectivity index (χ1n) is 3.85. The molecular weight excluding hydrogens is 187 g/mol. The van der Waals surface area contributed by atoms with Crippen LogP contribution in [0.4, 0.5) is 13.2 Å². The predicted molar refractivity (Wildman–Crippen MR) is 39.9 cm³/mol. The Morgan fingerprint density at radius 3 is 2.46 bits per heavy atom. The Balaban J connectivity index is 3.79. The molecule has 3 nitrogen and oxygen atoms in total. The molecule has 0 aliphatic rings. The second kappa shape index (κ2) is 5.06. The molecule has 0 bridgehead atoms. The second-order valence-electron chi connectivity index (χ2n) is 2.57. The molecule has 0 radical (unpaired) electrons. The van der Waals surface area contributed by atoms with Gasteiger partial charge in [0, 0.05) is 0 Å². The van der Waals surface area contributed by atoms with E-state index in [1.165, 1.54) is 0 Å². The summed E-state index contributed by atoms with van der Waals surface area (Å²) in [4.78, 5) is 10.7. The third-order valence-corrected chi connectivity index (χ3v) is 1.27. The summed E-state index contributed by atoms with van der Waals surface area (Å²) in [5.74, 6) is -0.910. The zero-order chi connectivity index (χ0) is 10.5. The number of carbonyl (C=O) groups is 1. The Morgan fingerprint density at radius 1 is 1.54 bits per heavy atom. The minimum atomic E-state index is -4.54. The zero-order valence-corrected chi connectivity index (χ0v) is 7.23. The monoisotopic (exact) mass is 199 g/mol. The number of nitrogens with two attached hydrogens (primary N) is 1. The first-order valence-corrected chi connectivity index (χ1v) is 3.85. The number of hydrogen-bond donors (Lipinski definition) is 1. The topological polar surface area (TPSA) is 52.3 Å². The maximum Gasteiger partial charge on any atom is 0.404 e. The molecule has 0 saturated heterocycles. The maximum absolute atomic E-state index is 11.8. The molecule has 0 aromatic heterocycles. The van der Waals surface area contributed by atoms with E-state index in [-0.39, 0.29) is 6.61 Å². The van der Waals surface area contributed by atoms with Crippen LogP contribution in [-0.4, -0.2) is 24.8 Å². The summed E-state index contributed by atoms with van der Waals surface area (Å²) in [6.45, 7) is 1.88.